The quantitative estimate of drug-likeness (QED) is 0.688. The molecular weight excluding hydrogens is 395 g/mol. The van der Waals surface area contributed by atoms with Gasteiger partial charge >= 0.3 is 6.18 Å². The number of hydrogen-bond acceptors (Lipinski definition) is 3. The molecule has 0 bridgehead atoms. The van der Waals surface area contributed by atoms with E-state index in [4.69, 9.17) is 0 Å². The van der Waals surface area contributed by atoms with Crippen LogP contribution in [0.5, 0.6) is 0 Å². The van der Waals surface area contributed by atoms with E-state index in [-0.39, 0.29) is 24.7 Å². The van der Waals surface area contributed by atoms with Gasteiger partial charge in [-0.05, 0) is 37.3 Å². The molecule has 8 heteroatoms. The number of amides is 2. The molecule has 3 rings (SSSR count). The maximum atomic E-state index is 12.9. The first-order valence-corrected chi connectivity index (χ1v) is 9.93. The minimum Gasteiger partial charge on any atom is -0.356 e. The Morgan fingerprint density at radius 2 is 1.97 bits per heavy atom. The van der Waals surface area contributed by atoms with Crippen molar-refractivity contribution in [3.63, 3.8) is 0 Å². The molecule has 0 spiro atoms. The van der Waals surface area contributed by atoms with Crippen molar-refractivity contribution in [3.8, 4) is 0 Å². The second-order valence-corrected chi connectivity index (χ2v) is 7.44. The van der Waals surface area contributed by atoms with E-state index in [1.807, 2.05) is 18.2 Å². The maximum Gasteiger partial charge on any atom is 0.392 e. The largest absolute Gasteiger partial charge is 0.392 e. The third-order valence-electron chi connectivity index (χ3n) is 5.21. The van der Waals surface area contributed by atoms with Gasteiger partial charge in [-0.25, -0.2) is 0 Å². The number of nitrogens with one attached hydrogen (secondary N) is 2. The van der Waals surface area contributed by atoms with Crippen LogP contribution in [0, 0.1) is 5.92 Å². The Kier molecular flexibility index (Phi) is 6.74. The van der Waals surface area contributed by atoms with Gasteiger partial charge in [0.05, 0.1) is 17.0 Å². The molecule has 2 amide bonds. The Bertz CT molecular complexity index is 970. The maximum absolute atomic E-state index is 12.9. The summed E-state index contributed by atoms with van der Waals surface area (Å²) < 4.78 is 38.7. The monoisotopic (exact) mass is 419 g/mol. The third-order valence-corrected chi connectivity index (χ3v) is 5.21. The number of benzene rings is 1. The van der Waals surface area contributed by atoms with Crippen LogP contribution < -0.4 is 10.6 Å². The van der Waals surface area contributed by atoms with Gasteiger partial charge < -0.3 is 10.6 Å². The second kappa shape index (κ2) is 9.28. The molecule has 5 nitrogen and oxygen atoms in total. The lowest BCUT2D eigenvalue weighted by Gasteiger charge is -2.24. The molecule has 2 N–H and O–H groups in total. The van der Waals surface area contributed by atoms with Crippen molar-refractivity contribution in [2.75, 3.05) is 13.1 Å². The number of alkyl halides is 3. The Balaban J connectivity index is 1.71. The lowest BCUT2D eigenvalue weighted by atomic mass is 9.85. The lowest BCUT2D eigenvalue weighted by Crippen LogP contribution is -2.28. The fraction of sp³-hybridized carbons (Fsp3) is 0.409. The molecule has 0 saturated carbocycles. The number of rotatable bonds is 6. The summed E-state index contributed by atoms with van der Waals surface area (Å²) in [4.78, 5) is 27.6. The SMILES string of the molecule is CC(=O)NCCCNC(=O)c1cnc2c(C3=CC[C@@H](C(F)(F)F)CC3)cccc2c1. The zero-order valence-corrected chi connectivity index (χ0v) is 16.7. The summed E-state index contributed by atoms with van der Waals surface area (Å²) in [7, 11) is 0. The smallest absolute Gasteiger partial charge is 0.356 e. The van der Waals surface area contributed by atoms with Crippen LogP contribution in [0.4, 0.5) is 13.2 Å². The molecule has 1 atom stereocenters. The zero-order valence-electron chi connectivity index (χ0n) is 16.7. The summed E-state index contributed by atoms with van der Waals surface area (Å²) in [6.07, 6.45) is -0.00190. The predicted octanol–water partition coefficient (Wildman–Crippen LogP) is 4.24. The topological polar surface area (TPSA) is 71.1 Å². The van der Waals surface area contributed by atoms with Gasteiger partial charge in [-0.3, -0.25) is 14.6 Å². The van der Waals surface area contributed by atoms with Crippen molar-refractivity contribution in [1.29, 1.82) is 0 Å². The molecule has 0 saturated heterocycles. The van der Waals surface area contributed by atoms with Gasteiger partial charge in [0.2, 0.25) is 5.91 Å². The Morgan fingerprint density at radius 1 is 1.20 bits per heavy atom. The second-order valence-electron chi connectivity index (χ2n) is 7.44. The molecular formula is C22H24F3N3O2. The molecule has 0 aliphatic heterocycles. The highest BCUT2D eigenvalue weighted by Crippen LogP contribution is 2.40. The Morgan fingerprint density at radius 3 is 2.63 bits per heavy atom. The van der Waals surface area contributed by atoms with Gasteiger partial charge in [0.1, 0.15) is 0 Å². The van der Waals surface area contributed by atoms with Crippen LogP contribution in [0.25, 0.3) is 16.5 Å². The third kappa shape index (κ3) is 5.37. The zero-order chi connectivity index (χ0) is 21.7. The number of fused-ring (bicyclic) bond motifs is 1. The minimum absolute atomic E-state index is 0.0196. The van der Waals surface area contributed by atoms with E-state index in [9.17, 15) is 22.8 Å². The summed E-state index contributed by atoms with van der Waals surface area (Å²) >= 11 is 0. The van der Waals surface area contributed by atoms with Gasteiger partial charge in [-0.15, -0.1) is 0 Å². The van der Waals surface area contributed by atoms with E-state index in [0.29, 0.717) is 37.0 Å². The first kappa shape index (κ1) is 21.8. The average molecular weight is 419 g/mol. The summed E-state index contributed by atoms with van der Waals surface area (Å²) in [6, 6.07) is 7.25. The van der Waals surface area contributed by atoms with E-state index in [2.05, 4.69) is 15.6 Å². The Hall–Kier alpha value is -2.90. The van der Waals surface area contributed by atoms with Crippen molar-refractivity contribution in [1.82, 2.24) is 15.6 Å². The molecule has 1 aliphatic rings. The summed E-state index contributed by atoms with van der Waals surface area (Å²) in [5.74, 6) is -1.66. The molecule has 160 valence electrons. The highest BCUT2D eigenvalue weighted by molar-refractivity contribution is 5.99. The van der Waals surface area contributed by atoms with E-state index >= 15 is 0 Å². The van der Waals surface area contributed by atoms with Crippen molar-refractivity contribution in [2.45, 2.75) is 38.8 Å². The number of allylic oxidation sites excluding steroid dienone is 2. The van der Waals surface area contributed by atoms with Gasteiger partial charge in [0.15, 0.2) is 0 Å². The van der Waals surface area contributed by atoms with Crippen LogP contribution in [-0.4, -0.2) is 36.1 Å². The van der Waals surface area contributed by atoms with Crippen molar-refractivity contribution >= 4 is 28.3 Å². The van der Waals surface area contributed by atoms with Gasteiger partial charge in [0.25, 0.3) is 5.91 Å². The molecule has 1 heterocycles. The predicted molar refractivity (Wildman–Crippen MR) is 109 cm³/mol. The highest BCUT2D eigenvalue weighted by atomic mass is 19.4. The number of carbonyl (C=O) groups excluding carboxylic acids is 2. The fourth-order valence-corrected chi connectivity index (χ4v) is 3.58. The number of nitrogens with zero attached hydrogens (tertiary/aromatic N) is 1. The van der Waals surface area contributed by atoms with E-state index in [1.54, 1.807) is 12.1 Å². The van der Waals surface area contributed by atoms with Crippen LogP contribution in [0.1, 0.15) is 48.5 Å². The first-order valence-electron chi connectivity index (χ1n) is 9.93. The van der Waals surface area contributed by atoms with Crippen molar-refractivity contribution in [2.24, 2.45) is 5.92 Å². The number of halogens is 3. The van der Waals surface area contributed by atoms with Crippen molar-refractivity contribution < 1.29 is 22.8 Å². The Labute approximate surface area is 172 Å². The molecule has 0 radical (unpaired) electrons. The molecule has 1 aromatic carbocycles. The first-order chi connectivity index (χ1) is 14.3. The number of carbonyl (C=O) groups is 2. The summed E-state index contributed by atoms with van der Waals surface area (Å²) in [5.41, 5.74) is 2.77. The van der Waals surface area contributed by atoms with Crippen molar-refractivity contribution in [3.05, 3.63) is 47.7 Å². The van der Waals surface area contributed by atoms with Crippen LogP contribution in [0.15, 0.2) is 36.5 Å². The molecule has 0 unspecified atom stereocenters. The molecule has 1 aliphatic carbocycles. The van der Waals surface area contributed by atoms with Crippen LogP contribution in [0.3, 0.4) is 0 Å². The number of pyridine rings is 1. The van der Waals surface area contributed by atoms with Gasteiger partial charge in [0, 0.05) is 37.2 Å². The van der Waals surface area contributed by atoms with Crippen LogP contribution in [0.2, 0.25) is 0 Å². The summed E-state index contributed by atoms with van der Waals surface area (Å²) in [5, 5.41) is 6.21. The summed E-state index contributed by atoms with van der Waals surface area (Å²) in [6.45, 7) is 2.34. The van der Waals surface area contributed by atoms with E-state index in [1.165, 1.54) is 13.1 Å². The lowest BCUT2D eigenvalue weighted by molar-refractivity contribution is -0.175. The standard InChI is InChI=1S/C22H24F3N3O2/c1-14(29)26-10-3-11-27-21(30)17-12-16-4-2-5-19(20(16)28-13-17)15-6-8-18(9-7-15)22(23,24)25/h2,4-6,12-13,18H,3,7-11H2,1H3,(H,26,29)(H,27,30)/t18-/m1/s1. The van der Waals surface area contributed by atoms with E-state index in [0.717, 1.165) is 16.5 Å². The van der Waals surface area contributed by atoms with Gasteiger partial charge in [-0.1, -0.05) is 24.3 Å². The molecule has 0 fully saturated rings. The highest BCUT2D eigenvalue weighted by Gasteiger charge is 2.39. The minimum atomic E-state index is -4.16. The molecule has 30 heavy (non-hydrogen) atoms. The molecule has 2 aromatic rings. The van der Waals surface area contributed by atoms with Gasteiger partial charge in [-0.2, -0.15) is 13.2 Å². The molecule has 1 aromatic heterocycles. The number of para-hydroxylation sites is 1. The fourth-order valence-electron chi connectivity index (χ4n) is 3.58. The normalized spacial score (nSPS) is 16.8. The number of aromatic nitrogens is 1. The van der Waals surface area contributed by atoms with Crippen LogP contribution >= 0.6 is 0 Å². The number of hydrogen-bond donors (Lipinski definition) is 2. The van der Waals surface area contributed by atoms with Crippen LogP contribution in [-0.2, 0) is 4.79 Å². The van der Waals surface area contributed by atoms with E-state index < -0.39 is 12.1 Å². The average Bonchev–Trinajstić information content (AvgIpc) is 2.71.